The normalized spacial score (nSPS) is 27.2. The number of hydrogen-bond acceptors (Lipinski definition) is 0. The third-order valence-corrected chi connectivity index (χ3v) is 5.58. The van der Waals surface area contributed by atoms with E-state index in [0.29, 0.717) is 17.9 Å². The number of nitrogens with zero attached hydrogens (tertiary/aromatic N) is 2. The third kappa shape index (κ3) is 3.76. The molecule has 0 bridgehead atoms. The lowest BCUT2D eigenvalue weighted by Crippen LogP contribution is -2.34. The lowest BCUT2D eigenvalue weighted by molar-refractivity contribution is 0.189. The van der Waals surface area contributed by atoms with Crippen molar-refractivity contribution in [1.29, 1.82) is 0 Å². The highest BCUT2D eigenvalue weighted by Gasteiger charge is 2.41. The van der Waals surface area contributed by atoms with Crippen LogP contribution >= 0.6 is 0 Å². The van der Waals surface area contributed by atoms with E-state index < -0.39 is 0 Å². The van der Waals surface area contributed by atoms with Gasteiger partial charge < -0.3 is 0 Å². The SMILES string of the molecule is C#[N+]c1c(C)cc(CC2CC(C)C([N+]#C)C(CC)C2)cc1CC. The molecule has 0 spiro atoms. The second-order valence-corrected chi connectivity index (χ2v) is 7.23. The van der Waals surface area contributed by atoms with Gasteiger partial charge in [-0.2, -0.15) is 0 Å². The van der Waals surface area contributed by atoms with Crippen LogP contribution in [0, 0.1) is 37.8 Å². The van der Waals surface area contributed by atoms with Gasteiger partial charge in [-0.15, -0.1) is 0 Å². The highest BCUT2D eigenvalue weighted by atomic mass is 14.7. The van der Waals surface area contributed by atoms with Crippen molar-refractivity contribution in [2.75, 3.05) is 0 Å². The van der Waals surface area contributed by atoms with Gasteiger partial charge in [-0.1, -0.05) is 25.6 Å². The number of hydrogen-bond donors (Lipinski definition) is 0. The summed E-state index contributed by atoms with van der Waals surface area (Å²) in [5, 5.41) is 0. The Hall–Kier alpha value is -1.80. The zero-order chi connectivity index (χ0) is 17.0. The minimum Gasteiger partial charge on any atom is -0.0830 e. The minimum absolute atomic E-state index is 0.336. The van der Waals surface area contributed by atoms with Crippen LogP contribution in [0.5, 0.6) is 0 Å². The van der Waals surface area contributed by atoms with E-state index in [9.17, 15) is 0 Å². The summed E-state index contributed by atoms with van der Waals surface area (Å²) in [6.07, 6.45) is 5.71. The largest absolute Gasteiger partial charge is 0.345 e. The Labute approximate surface area is 141 Å². The lowest BCUT2D eigenvalue weighted by Gasteiger charge is -2.32. The molecule has 4 unspecified atom stereocenters. The first-order chi connectivity index (χ1) is 11.0. The van der Waals surface area contributed by atoms with Gasteiger partial charge in [0.05, 0.1) is 0 Å². The summed E-state index contributed by atoms with van der Waals surface area (Å²) >= 11 is 0. The van der Waals surface area contributed by atoms with Crippen molar-refractivity contribution in [3.8, 4) is 13.1 Å². The zero-order valence-corrected chi connectivity index (χ0v) is 15.0. The molecule has 0 heterocycles. The summed E-state index contributed by atoms with van der Waals surface area (Å²) in [7, 11) is 0. The van der Waals surface area contributed by atoms with E-state index >= 15 is 0 Å². The van der Waals surface area contributed by atoms with Crippen LogP contribution in [-0.2, 0) is 12.8 Å². The maximum atomic E-state index is 5.65. The standard InChI is InChI=1S/C21H30N2/c1-7-18-12-16(9-14(3)20(18)22-5)11-17-10-15(4)21(23-6)19(8-2)13-17/h5-6,9,12,15,17,19,21H,7-8,10-11,13H2,1-4H3/q+2. The van der Waals surface area contributed by atoms with Crippen LogP contribution < -0.4 is 0 Å². The van der Waals surface area contributed by atoms with E-state index in [2.05, 4.69) is 49.5 Å². The van der Waals surface area contributed by atoms with Gasteiger partial charge in [0.1, 0.15) is 0 Å². The molecule has 0 radical (unpaired) electrons. The van der Waals surface area contributed by atoms with E-state index in [1.165, 1.54) is 29.5 Å². The van der Waals surface area contributed by atoms with E-state index in [-0.39, 0.29) is 0 Å². The van der Waals surface area contributed by atoms with Crippen molar-refractivity contribution in [2.45, 2.75) is 65.8 Å². The predicted molar refractivity (Wildman–Crippen MR) is 100.0 cm³/mol. The van der Waals surface area contributed by atoms with E-state index in [1.54, 1.807) is 0 Å². The third-order valence-electron chi connectivity index (χ3n) is 5.58. The summed E-state index contributed by atoms with van der Waals surface area (Å²) in [5.41, 5.74) is 4.82. The number of benzene rings is 1. The van der Waals surface area contributed by atoms with Gasteiger partial charge in [0.25, 0.3) is 19.2 Å². The van der Waals surface area contributed by atoms with Crippen molar-refractivity contribution in [1.82, 2.24) is 0 Å². The molecular formula is C21H30N2+2. The highest BCUT2D eigenvalue weighted by Crippen LogP contribution is 2.39. The molecule has 1 aliphatic rings. The van der Waals surface area contributed by atoms with Crippen molar-refractivity contribution >= 4 is 5.69 Å². The van der Waals surface area contributed by atoms with Crippen molar-refractivity contribution in [3.63, 3.8) is 0 Å². The Morgan fingerprint density at radius 3 is 2.48 bits per heavy atom. The minimum atomic E-state index is 0.336. The molecule has 2 heteroatoms. The smallest absolute Gasteiger partial charge is 0.0830 e. The van der Waals surface area contributed by atoms with Gasteiger partial charge in [-0.25, -0.2) is 0 Å². The van der Waals surface area contributed by atoms with Gasteiger partial charge in [-0.3, -0.25) is 0 Å². The van der Waals surface area contributed by atoms with Gasteiger partial charge in [0, 0.05) is 23.0 Å². The summed E-state index contributed by atoms with van der Waals surface area (Å²) in [4.78, 5) is 8.12. The molecule has 0 amide bonds. The van der Waals surface area contributed by atoms with Crippen molar-refractivity contribution in [2.24, 2.45) is 17.8 Å². The second-order valence-electron chi connectivity index (χ2n) is 7.23. The molecule has 0 aromatic heterocycles. The maximum Gasteiger partial charge on any atom is 0.345 e. The molecule has 23 heavy (non-hydrogen) atoms. The number of rotatable bonds is 4. The van der Waals surface area contributed by atoms with Crippen LogP contribution in [0.2, 0.25) is 0 Å². The summed E-state index contributed by atoms with van der Waals surface area (Å²) in [6, 6.07) is 4.89. The zero-order valence-electron chi connectivity index (χ0n) is 15.0. The topological polar surface area (TPSA) is 8.72 Å². The van der Waals surface area contributed by atoms with Gasteiger partial charge in [0.15, 0.2) is 0 Å². The second kappa shape index (κ2) is 7.65. The van der Waals surface area contributed by atoms with Crippen LogP contribution in [0.15, 0.2) is 12.1 Å². The van der Waals surface area contributed by atoms with Crippen LogP contribution in [0.25, 0.3) is 9.69 Å². The molecule has 4 atom stereocenters. The van der Waals surface area contributed by atoms with Crippen LogP contribution in [-0.4, -0.2) is 6.04 Å². The van der Waals surface area contributed by atoms with Gasteiger partial charge >= 0.3 is 5.69 Å². The molecule has 0 aliphatic heterocycles. The monoisotopic (exact) mass is 310 g/mol. The van der Waals surface area contributed by atoms with E-state index in [1.807, 2.05) is 0 Å². The quantitative estimate of drug-likeness (QED) is 0.635. The van der Waals surface area contributed by atoms with Gasteiger partial charge in [-0.05, 0) is 67.5 Å². The lowest BCUT2D eigenvalue weighted by atomic mass is 9.70. The van der Waals surface area contributed by atoms with Gasteiger partial charge in [0.2, 0.25) is 0 Å². The van der Waals surface area contributed by atoms with Crippen LogP contribution in [0.3, 0.4) is 0 Å². The molecule has 2 nitrogen and oxygen atoms in total. The molecule has 1 fully saturated rings. The molecule has 1 saturated carbocycles. The summed E-state index contributed by atoms with van der Waals surface area (Å²) in [5.74, 6) is 1.92. The Bertz CT molecular complexity index is 632. The fourth-order valence-electron chi connectivity index (χ4n) is 4.48. The first kappa shape index (κ1) is 17.6. The average molecular weight is 310 g/mol. The van der Waals surface area contributed by atoms with E-state index in [0.717, 1.165) is 30.9 Å². The van der Waals surface area contributed by atoms with Crippen LogP contribution in [0.4, 0.5) is 5.69 Å². The molecule has 1 aromatic carbocycles. The first-order valence-corrected chi connectivity index (χ1v) is 8.97. The summed E-state index contributed by atoms with van der Waals surface area (Å²) < 4.78 is 0. The molecule has 0 saturated heterocycles. The Balaban J connectivity index is 2.18. The Kier molecular flexibility index (Phi) is 5.84. The molecule has 122 valence electrons. The highest BCUT2D eigenvalue weighted by molar-refractivity contribution is 5.60. The summed E-state index contributed by atoms with van der Waals surface area (Å²) in [6.45, 7) is 20.0. The van der Waals surface area contributed by atoms with E-state index in [4.69, 9.17) is 13.1 Å². The first-order valence-electron chi connectivity index (χ1n) is 8.97. The van der Waals surface area contributed by atoms with Crippen molar-refractivity contribution < 1.29 is 0 Å². The molecule has 1 aliphatic carbocycles. The van der Waals surface area contributed by atoms with Crippen LogP contribution in [0.1, 0.15) is 56.7 Å². The molecule has 0 N–H and O–H groups in total. The maximum absolute atomic E-state index is 5.65. The molecular weight excluding hydrogens is 280 g/mol. The fourth-order valence-corrected chi connectivity index (χ4v) is 4.48. The molecule has 2 rings (SSSR count). The Morgan fingerprint density at radius 1 is 1.17 bits per heavy atom. The Morgan fingerprint density at radius 2 is 1.91 bits per heavy atom. The predicted octanol–water partition coefficient (Wildman–Crippen LogP) is 6.10. The average Bonchev–Trinajstić information content (AvgIpc) is 2.53. The number of aryl methyl sites for hydroxylation is 2. The fraction of sp³-hybridized carbons (Fsp3) is 0.619. The van der Waals surface area contributed by atoms with Crippen molar-refractivity contribution in [3.05, 3.63) is 38.5 Å². The molecule has 1 aromatic rings.